The molecule has 1 saturated heterocycles. The zero-order valence-electron chi connectivity index (χ0n) is 9.25. The topological polar surface area (TPSA) is 55.6 Å². The number of hydrogen-bond acceptors (Lipinski definition) is 3. The molecule has 1 heterocycles. The molecule has 0 aliphatic carbocycles. The van der Waals surface area contributed by atoms with Crippen molar-refractivity contribution in [2.75, 3.05) is 13.1 Å². The molecule has 1 rings (SSSR count). The van der Waals surface area contributed by atoms with E-state index < -0.39 is 0 Å². The van der Waals surface area contributed by atoms with E-state index in [0.717, 1.165) is 6.42 Å². The van der Waals surface area contributed by atoms with Crippen molar-refractivity contribution in [3.63, 3.8) is 0 Å². The number of carbonyl (C=O) groups excluding carboxylic acids is 1. The summed E-state index contributed by atoms with van der Waals surface area (Å²) in [5.41, 5.74) is 5.06. The number of hydrogen-bond donors (Lipinski definition) is 1. The van der Waals surface area contributed by atoms with E-state index in [0.29, 0.717) is 25.4 Å². The molecule has 4 heteroatoms. The Hall–Kier alpha value is -0.610. The molecular weight excluding hydrogens is 180 g/mol. The van der Waals surface area contributed by atoms with Gasteiger partial charge < -0.3 is 5.73 Å². The Kier molecular flexibility index (Phi) is 3.50. The molecule has 0 bridgehead atoms. The van der Waals surface area contributed by atoms with Crippen molar-refractivity contribution >= 4 is 5.91 Å². The van der Waals surface area contributed by atoms with E-state index in [1.165, 1.54) is 5.06 Å². The first-order chi connectivity index (χ1) is 6.49. The van der Waals surface area contributed by atoms with Crippen molar-refractivity contribution < 1.29 is 9.63 Å². The predicted octanol–water partition coefficient (Wildman–Crippen LogP) is 0.914. The highest BCUT2D eigenvalue weighted by Gasteiger charge is 2.43. The van der Waals surface area contributed by atoms with Crippen molar-refractivity contribution in [2.45, 2.75) is 39.2 Å². The molecule has 1 unspecified atom stereocenters. The van der Waals surface area contributed by atoms with E-state index in [1.807, 2.05) is 6.92 Å². The number of amides is 1. The fourth-order valence-corrected chi connectivity index (χ4v) is 1.44. The lowest BCUT2D eigenvalue weighted by atomic mass is 9.90. The van der Waals surface area contributed by atoms with Gasteiger partial charge in [0.25, 0.3) is 0 Å². The maximum Gasteiger partial charge on any atom is 0.249 e. The molecule has 0 aromatic heterocycles. The van der Waals surface area contributed by atoms with Gasteiger partial charge >= 0.3 is 0 Å². The van der Waals surface area contributed by atoms with Crippen LogP contribution in [0.5, 0.6) is 0 Å². The van der Waals surface area contributed by atoms with Gasteiger partial charge in [0.15, 0.2) is 0 Å². The van der Waals surface area contributed by atoms with Crippen molar-refractivity contribution in [3.05, 3.63) is 0 Å². The van der Waals surface area contributed by atoms with Crippen molar-refractivity contribution in [1.29, 1.82) is 0 Å². The Balaban J connectivity index is 2.55. The van der Waals surface area contributed by atoms with Gasteiger partial charge in [0.2, 0.25) is 5.91 Å². The van der Waals surface area contributed by atoms with E-state index in [-0.39, 0.29) is 11.5 Å². The van der Waals surface area contributed by atoms with Crippen LogP contribution in [-0.2, 0) is 9.63 Å². The standard InChI is InChI=1S/C10H20N2O2/c1-8(2)10(3)7-9(13)12(14-10)6-4-5-11/h8H,4-7,11H2,1-3H3. The monoisotopic (exact) mass is 200 g/mol. The van der Waals surface area contributed by atoms with Gasteiger partial charge in [-0.2, -0.15) is 0 Å². The molecule has 14 heavy (non-hydrogen) atoms. The summed E-state index contributed by atoms with van der Waals surface area (Å²) in [5, 5.41) is 1.47. The normalized spacial score (nSPS) is 27.8. The van der Waals surface area contributed by atoms with Crippen LogP contribution in [0.25, 0.3) is 0 Å². The van der Waals surface area contributed by atoms with Gasteiger partial charge in [0, 0.05) is 6.54 Å². The molecule has 1 aliphatic heterocycles. The first-order valence-corrected chi connectivity index (χ1v) is 5.19. The lowest BCUT2D eigenvalue weighted by molar-refractivity contribution is -0.205. The summed E-state index contributed by atoms with van der Waals surface area (Å²) < 4.78 is 0. The number of nitrogens with two attached hydrogens (primary N) is 1. The maximum atomic E-state index is 11.6. The second-order valence-electron chi connectivity index (χ2n) is 4.37. The van der Waals surface area contributed by atoms with Gasteiger partial charge in [-0.25, -0.2) is 5.06 Å². The van der Waals surface area contributed by atoms with Crippen LogP contribution in [0.15, 0.2) is 0 Å². The van der Waals surface area contributed by atoms with E-state index in [1.54, 1.807) is 0 Å². The van der Waals surface area contributed by atoms with Gasteiger partial charge in [-0.05, 0) is 25.8 Å². The van der Waals surface area contributed by atoms with E-state index in [9.17, 15) is 4.79 Å². The van der Waals surface area contributed by atoms with Crippen LogP contribution >= 0.6 is 0 Å². The molecule has 1 fully saturated rings. The summed E-state index contributed by atoms with van der Waals surface area (Å²) >= 11 is 0. The van der Waals surface area contributed by atoms with E-state index in [4.69, 9.17) is 10.6 Å². The molecule has 1 aliphatic rings. The molecule has 0 aromatic rings. The van der Waals surface area contributed by atoms with Crippen LogP contribution in [0.4, 0.5) is 0 Å². The first kappa shape index (κ1) is 11.5. The Bertz CT molecular complexity index is 218. The molecule has 0 spiro atoms. The number of carbonyl (C=O) groups is 1. The largest absolute Gasteiger partial charge is 0.330 e. The molecule has 0 aromatic carbocycles. The minimum atomic E-state index is -0.328. The van der Waals surface area contributed by atoms with Crippen LogP contribution in [0.1, 0.15) is 33.6 Å². The van der Waals surface area contributed by atoms with Crippen molar-refractivity contribution in [3.8, 4) is 0 Å². The number of hydroxylamine groups is 2. The van der Waals surface area contributed by atoms with Gasteiger partial charge in [-0.15, -0.1) is 0 Å². The zero-order valence-corrected chi connectivity index (χ0v) is 9.25. The summed E-state index contributed by atoms with van der Waals surface area (Å²) in [5.74, 6) is 0.420. The number of nitrogens with zero attached hydrogens (tertiary/aromatic N) is 1. The molecular formula is C10H20N2O2. The van der Waals surface area contributed by atoms with Crippen LogP contribution < -0.4 is 5.73 Å². The van der Waals surface area contributed by atoms with Gasteiger partial charge in [-0.3, -0.25) is 9.63 Å². The third-order valence-corrected chi connectivity index (χ3v) is 2.89. The Morgan fingerprint density at radius 1 is 1.64 bits per heavy atom. The van der Waals surface area contributed by atoms with Crippen LogP contribution in [0.3, 0.4) is 0 Å². The van der Waals surface area contributed by atoms with Crippen LogP contribution in [0.2, 0.25) is 0 Å². The minimum Gasteiger partial charge on any atom is -0.330 e. The predicted molar refractivity (Wildman–Crippen MR) is 54.3 cm³/mol. The summed E-state index contributed by atoms with van der Waals surface area (Å²) in [6.45, 7) is 7.32. The first-order valence-electron chi connectivity index (χ1n) is 5.19. The maximum absolute atomic E-state index is 11.6. The lowest BCUT2D eigenvalue weighted by Gasteiger charge is -2.27. The molecule has 1 atom stereocenters. The molecule has 2 N–H and O–H groups in total. The Morgan fingerprint density at radius 3 is 2.71 bits per heavy atom. The average molecular weight is 200 g/mol. The highest BCUT2D eigenvalue weighted by Crippen LogP contribution is 2.33. The molecule has 82 valence electrons. The highest BCUT2D eigenvalue weighted by molar-refractivity contribution is 5.77. The average Bonchev–Trinajstić information content (AvgIpc) is 2.39. The molecule has 1 amide bonds. The molecule has 4 nitrogen and oxygen atoms in total. The summed E-state index contributed by atoms with van der Waals surface area (Å²) in [6.07, 6.45) is 1.27. The lowest BCUT2D eigenvalue weighted by Crippen LogP contribution is -2.33. The zero-order chi connectivity index (χ0) is 10.8. The summed E-state index contributed by atoms with van der Waals surface area (Å²) in [7, 11) is 0. The molecule has 0 saturated carbocycles. The van der Waals surface area contributed by atoms with Gasteiger partial charge in [0.1, 0.15) is 5.60 Å². The van der Waals surface area contributed by atoms with E-state index in [2.05, 4.69) is 13.8 Å². The second-order valence-corrected chi connectivity index (χ2v) is 4.37. The van der Waals surface area contributed by atoms with E-state index >= 15 is 0 Å². The SMILES string of the molecule is CC(C)C1(C)CC(=O)N(CCCN)O1. The summed E-state index contributed by atoms with van der Waals surface area (Å²) in [4.78, 5) is 17.2. The quantitative estimate of drug-likeness (QED) is 0.734. The van der Waals surface area contributed by atoms with Gasteiger partial charge in [-0.1, -0.05) is 13.8 Å². The Labute approximate surface area is 85.3 Å². The minimum absolute atomic E-state index is 0.0784. The Morgan fingerprint density at radius 2 is 2.29 bits per heavy atom. The fourth-order valence-electron chi connectivity index (χ4n) is 1.44. The van der Waals surface area contributed by atoms with Crippen LogP contribution in [-0.4, -0.2) is 29.7 Å². The molecule has 0 radical (unpaired) electrons. The van der Waals surface area contributed by atoms with Crippen molar-refractivity contribution in [2.24, 2.45) is 11.7 Å². The number of rotatable bonds is 4. The fraction of sp³-hybridized carbons (Fsp3) is 0.900. The highest BCUT2D eigenvalue weighted by atomic mass is 16.7. The third kappa shape index (κ3) is 2.25. The smallest absolute Gasteiger partial charge is 0.249 e. The van der Waals surface area contributed by atoms with Gasteiger partial charge in [0.05, 0.1) is 6.42 Å². The third-order valence-electron chi connectivity index (χ3n) is 2.89. The van der Waals surface area contributed by atoms with Crippen LogP contribution in [0, 0.1) is 5.92 Å². The van der Waals surface area contributed by atoms with Crippen molar-refractivity contribution in [1.82, 2.24) is 5.06 Å². The summed E-state index contributed by atoms with van der Waals surface area (Å²) in [6, 6.07) is 0. The second kappa shape index (κ2) is 4.28.